The SMILES string of the molecule is CC(CO[N+](=O)[O-])C(=O)Cl. The van der Waals surface area contributed by atoms with Crippen molar-refractivity contribution < 1.29 is 14.7 Å². The van der Waals surface area contributed by atoms with Crippen LogP contribution in [0, 0.1) is 16.0 Å². The third kappa shape index (κ3) is 4.08. The van der Waals surface area contributed by atoms with Gasteiger partial charge in [-0.25, -0.2) is 0 Å². The van der Waals surface area contributed by atoms with E-state index < -0.39 is 16.2 Å². The summed E-state index contributed by atoms with van der Waals surface area (Å²) in [5.41, 5.74) is 0. The standard InChI is InChI=1S/C4H6ClNO4/c1-3(4(5)7)2-10-6(8)9/h3H,2H2,1H3. The van der Waals surface area contributed by atoms with Gasteiger partial charge in [0.25, 0.3) is 5.09 Å². The maximum Gasteiger partial charge on any atom is 0.294 e. The molecule has 10 heavy (non-hydrogen) atoms. The molecule has 0 aliphatic heterocycles. The number of carbonyl (C=O) groups is 1. The Morgan fingerprint density at radius 3 is 2.70 bits per heavy atom. The summed E-state index contributed by atoms with van der Waals surface area (Å²) in [6.45, 7) is 1.16. The smallest absolute Gasteiger partial charge is 0.294 e. The first-order chi connectivity index (χ1) is 4.54. The Hall–Kier alpha value is -0.840. The zero-order chi connectivity index (χ0) is 8.15. The van der Waals surface area contributed by atoms with Crippen molar-refractivity contribution in [1.29, 1.82) is 0 Å². The quantitative estimate of drug-likeness (QED) is 0.349. The summed E-state index contributed by atoms with van der Waals surface area (Å²) in [7, 11) is 0. The van der Waals surface area contributed by atoms with Crippen LogP contribution in [0.5, 0.6) is 0 Å². The fourth-order valence-electron chi connectivity index (χ4n) is 0.238. The molecule has 0 amide bonds. The molecule has 0 N–H and O–H groups in total. The van der Waals surface area contributed by atoms with E-state index in [-0.39, 0.29) is 6.61 Å². The molecular weight excluding hydrogens is 162 g/mol. The summed E-state index contributed by atoms with van der Waals surface area (Å²) < 4.78 is 0. The molecular formula is C4H6ClNO4. The monoisotopic (exact) mass is 167 g/mol. The van der Waals surface area contributed by atoms with Crippen LogP contribution in [0.4, 0.5) is 0 Å². The van der Waals surface area contributed by atoms with E-state index >= 15 is 0 Å². The summed E-state index contributed by atoms with van der Waals surface area (Å²) >= 11 is 4.97. The highest BCUT2D eigenvalue weighted by Gasteiger charge is 2.11. The lowest BCUT2D eigenvalue weighted by Crippen LogP contribution is -2.14. The van der Waals surface area contributed by atoms with Crippen molar-refractivity contribution in [2.24, 2.45) is 5.92 Å². The molecule has 1 atom stereocenters. The highest BCUT2D eigenvalue weighted by atomic mass is 35.5. The molecule has 58 valence electrons. The van der Waals surface area contributed by atoms with Gasteiger partial charge in [-0.05, 0) is 11.6 Å². The Balaban J connectivity index is 3.49. The minimum atomic E-state index is -0.962. The summed E-state index contributed by atoms with van der Waals surface area (Å²) in [5, 5.41) is 7.96. The van der Waals surface area contributed by atoms with Crippen LogP contribution < -0.4 is 0 Å². The van der Waals surface area contributed by atoms with Gasteiger partial charge in [0.05, 0.1) is 5.92 Å². The predicted molar refractivity (Wildman–Crippen MR) is 33.0 cm³/mol. The minimum Gasteiger partial charge on any atom is -0.313 e. The molecule has 0 saturated heterocycles. The van der Waals surface area contributed by atoms with Crippen LogP contribution in [0.2, 0.25) is 0 Å². The van der Waals surface area contributed by atoms with Crippen molar-refractivity contribution in [2.75, 3.05) is 6.61 Å². The van der Waals surface area contributed by atoms with Gasteiger partial charge in [-0.1, -0.05) is 6.92 Å². The van der Waals surface area contributed by atoms with Gasteiger partial charge in [-0.15, -0.1) is 10.1 Å². The highest BCUT2D eigenvalue weighted by Crippen LogP contribution is 2.00. The molecule has 0 radical (unpaired) electrons. The van der Waals surface area contributed by atoms with Crippen LogP contribution in [0.3, 0.4) is 0 Å². The molecule has 0 spiro atoms. The summed E-state index contributed by atoms with van der Waals surface area (Å²) in [5.74, 6) is -0.632. The van der Waals surface area contributed by atoms with E-state index in [9.17, 15) is 14.9 Å². The van der Waals surface area contributed by atoms with Gasteiger partial charge in [-0.2, -0.15) is 0 Å². The zero-order valence-electron chi connectivity index (χ0n) is 5.24. The zero-order valence-corrected chi connectivity index (χ0v) is 6.00. The fourth-order valence-corrected chi connectivity index (χ4v) is 0.301. The van der Waals surface area contributed by atoms with Crippen molar-refractivity contribution in [2.45, 2.75) is 6.92 Å². The van der Waals surface area contributed by atoms with E-state index in [2.05, 4.69) is 4.84 Å². The third-order valence-corrected chi connectivity index (χ3v) is 1.19. The Bertz CT molecular complexity index is 148. The second-order valence-corrected chi connectivity index (χ2v) is 2.10. The van der Waals surface area contributed by atoms with Crippen LogP contribution in [-0.2, 0) is 9.63 Å². The van der Waals surface area contributed by atoms with Gasteiger partial charge in [-0.3, -0.25) is 4.79 Å². The first-order valence-corrected chi connectivity index (χ1v) is 2.88. The van der Waals surface area contributed by atoms with E-state index in [1.165, 1.54) is 6.92 Å². The predicted octanol–water partition coefficient (Wildman–Crippen LogP) is 0.596. The van der Waals surface area contributed by atoms with Crippen LogP contribution in [0.1, 0.15) is 6.92 Å². The molecule has 0 bridgehead atoms. The van der Waals surface area contributed by atoms with Crippen molar-refractivity contribution >= 4 is 16.8 Å². The molecule has 0 saturated carbocycles. The first kappa shape index (κ1) is 9.16. The number of hydrogen-bond acceptors (Lipinski definition) is 4. The second-order valence-electron chi connectivity index (χ2n) is 1.72. The summed E-state index contributed by atoms with van der Waals surface area (Å²) in [6.07, 6.45) is 0. The van der Waals surface area contributed by atoms with Crippen LogP contribution >= 0.6 is 11.6 Å². The third-order valence-electron chi connectivity index (χ3n) is 0.817. The van der Waals surface area contributed by atoms with E-state index in [1.54, 1.807) is 0 Å². The topological polar surface area (TPSA) is 69.4 Å². The van der Waals surface area contributed by atoms with Crippen molar-refractivity contribution in [1.82, 2.24) is 0 Å². The Morgan fingerprint density at radius 2 is 2.40 bits per heavy atom. The van der Waals surface area contributed by atoms with Gasteiger partial charge in [0, 0.05) is 0 Å². The number of nitrogens with zero attached hydrogens (tertiary/aromatic N) is 1. The fraction of sp³-hybridized carbons (Fsp3) is 0.750. The van der Waals surface area contributed by atoms with Crippen LogP contribution in [0.25, 0.3) is 0 Å². The number of rotatable bonds is 4. The van der Waals surface area contributed by atoms with Gasteiger partial charge < -0.3 is 4.84 Å². The number of hydrogen-bond donors (Lipinski definition) is 0. The van der Waals surface area contributed by atoms with Crippen molar-refractivity contribution in [3.05, 3.63) is 10.1 Å². The largest absolute Gasteiger partial charge is 0.313 e. The average Bonchev–Trinajstić information content (AvgIpc) is 1.82. The molecule has 0 fully saturated rings. The molecule has 0 heterocycles. The van der Waals surface area contributed by atoms with E-state index in [0.717, 1.165) is 0 Å². The lowest BCUT2D eigenvalue weighted by molar-refractivity contribution is -0.758. The minimum absolute atomic E-state index is 0.282. The van der Waals surface area contributed by atoms with Gasteiger partial charge in [0.1, 0.15) is 6.61 Å². The van der Waals surface area contributed by atoms with Gasteiger partial charge in [0.15, 0.2) is 0 Å². The van der Waals surface area contributed by atoms with Gasteiger partial charge in [0.2, 0.25) is 5.24 Å². The van der Waals surface area contributed by atoms with Crippen LogP contribution in [0.15, 0.2) is 0 Å². The Morgan fingerprint density at radius 1 is 1.90 bits per heavy atom. The average molecular weight is 168 g/mol. The first-order valence-electron chi connectivity index (χ1n) is 2.50. The summed E-state index contributed by atoms with van der Waals surface area (Å²) in [4.78, 5) is 23.7. The molecule has 0 rings (SSSR count). The molecule has 0 aliphatic carbocycles. The van der Waals surface area contributed by atoms with Gasteiger partial charge >= 0.3 is 0 Å². The molecule has 0 aliphatic rings. The number of halogens is 1. The summed E-state index contributed by atoms with van der Waals surface area (Å²) in [6, 6.07) is 0. The molecule has 0 aromatic carbocycles. The Kier molecular flexibility index (Phi) is 3.71. The molecule has 0 aromatic rings. The van der Waals surface area contributed by atoms with E-state index in [4.69, 9.17) is 11.6 Å². The Labute approximate surface area is 62.0 Å². The lowest BCUT2D eigenvalue weighted by Gasteiger charge is -2.01. The maximum absolute atomic E-state index is 10.2. The van der Waals surface area contributed by atoms with Crippen molar-refractivity contribution in [3.8, 4) is 0 Å². The molecule has 0 aromatic heterocycles. The normalized spacial score (nSPS) is 12.2. The second kappa shape index (κ2) is 4.05. The van der Waals surface area contributed by atoms with E-state index in [0.29, 0.717) is 0 Å². The lowest BCUT2D eigenvalue weighted by atomic mass is 10.2. The number of carbonyl (C=O) groups excluding carboxylic acids is 1. The van der Waals surface area contributed by atoms with Crippen LogP contribution in [-0.4, -0.2) is 16.9 Å². The molecule has 6 heteroatoms. The van der Waals surface area contributed by atoms with E-state index in [1.807, 2.05) is 0 Å². The molecule has 1 unspecified atom stereocenters. The van der Waals surface area contributed by atoms with Crippen molar-refractivity contribution in [3.63, 3.8) is 0 Å². The molecule has 5 nitrogen and oxygen atoms in total. The highest BCUT2D eigenvalue weighted by molar-refractivity contribution is 6.63. The maximum atomic E-state index is 10.2.